The normalized spacial score (nSPS) is 11.3. The highest BCUT2D eigenvalue weighted by Crippen LogP contribution is 2.53. The van der Waals surface area contributed by atoms with Crippen molar-refractivity contribution in [1.29, 1.82) is 10.5 Å². The number of benzene rings is 2. The Labute approximate surface area is 98.8 Å². The van der Waals surface area contributed by atoms with E-state index in [1.165, 1.54) is 0 Å². The molecule has 3 nitrogen and oxygen atoms in total. The van der Waals surface area contributed by atoms with Crippen LogP contribution in [0.4, 0.5) is 17.1 Å². The Bertz CT molecular complexity index is 672. The van der Waals surface area contributed by atoms with E-state index in [0.29, 0.717) is 11.1 Å². The van der Waals surface area contributed by atoms with Gasteiger partial charge in [0.2, 0.25) is 0 Å². The minimum atomic E-state index is 0.650. The maximum atomic E-state index is 8.81. The third-order valence-corrected chi connectivity index (χ3v) is 2.79. The van der Waals surface area contributed by atoms with Gasteiger partial charge >= 0.3 is 0 Å². The highest BCUT2D eigenvalue weighted by Gasteiger charge is 2.30. The van der Waals surface area contributed by atoms with E-state index in [2.05, 4.69) is 17.0 Å². The number of hydrogen-bond donors (Lipinski definition) is 0. The average molecular weight is 217 g/mol. The molecule has 0 N–H and O–H groups in total. The van der Waals surface area contributed by atoms with Gasteiger partial charge in [0.05, 0.1) is 34.6 Å². The lowest BCUT2D eigenvalue weighted by Gasteiger charge is -2.01. The molecule has 0 spiro atoms. The average Bonchev–Trinajstić information content (AvgIpc) is 3.12. The Morgan fingerprint density at radius 3 is 2.06 bits per heavy atom. The molecular formula is C14H7N3. The molecule has 0 radical (unpaired) electrons. The predicted molar refractivity (Wildman–Crippen MR) is 64.1 cm³/mol. The smallest absolute Gasteiger partial charge is 0.0992 e. The summed E-state index contributed by atoms with van der Waals surface area (Å²) >= 11 is 0. The molecule has 3 rings (SSSR count). The lowest BCUT2D eigenvalue weighted by Crippen LogP contribution is -1.88. The zero-order valence-corrected chi connectivity index (χ0v) is 8.88. The first-order valence-corrected chi connectivity index (χ1v) is 5.18. The van der Waals surface area contributed by atoms with Crippen molar-refractivity contribution in [2.24, 2.45) is 0 Å². The van der Waals surface area contributed by atoms with Gasteiger partial charge in [-0.1, -0.05) is 0 Å². The summed E-state index contributed by atoms with van der Waals surface area (Å²) in [7, 11) is 0. The molecule has 3 heteroatoms. The van der Waals surface area contributed by atoms with E-state index >= 15 is 0 Å². The Hall–Kier alpha value is -2.78. The van der Waals surface area contributed by atoms with Crippen molar-refractivity contribution in [2.45, 2.75) is 0 Å². The number of hydrogen-bond acceptors (Lipinski definition) is 3. The zero-order chi connectivity index (χ0) is 11.8. The van der Waals surface area contributed by atoms with Crippen molar-refractivity contribution in [3.63, 3.8) is 0 Å². The van der Waals surface area contributed by atoms with Gasteiger partial charge < -0.3 is 4.90 Å². The highest BCUT2D eigenvalue weighted by molar-refractivity contribution is 6.01. The molecule has 0 saturated heterocycles. The Morgan fingerprint density at radius 2 is 1.41 bits per heavy atom. The first-order valence-electron chi connectivity index (χ1n) is 5.18. The summed E-state index contributed by atoms with van der Waals surface area (Å²) in [5.74, 6) is 0. The van der Waals surface area contributed by atoms with Gasteiger partial charge in [0.25, 0.3) is 0 Å². The summed E-state index contributed by atoms with van der Waals surface area (Å²) in [4.78, 5) is 2.06. The quantitative estimate of drug-likeness (QED) is 0.588. The van der Waals surface area contributed by atoms with E-state index in [1.807, 2.05) is 30.3 Å². The van der Waals surface area contributed by atoms with E-state index in [0.717, 1.165) is 17.1 Å². The van der Waals surface area contributed by atoms with Crippen LogP contribution in [0.25, 0.3) is 0 Å². The van der Waals surface area contributed by atoms with Crippen LogP contribution in [0.5, 0.6) is 0 Å². The van der Waals surface area contributed by atoms with Crippen molar-refractivity contribution in [3.8, 4) is 12.1 Å². The summed E-state index contributed by atoms with van der Waals surface area (Å²) in [6.07, 6.45) is 0. The standard InChI is InChI=1S/C14H7N3/c15-8-10-1-4-12(5-2-10)17-13-6-3-11(9-16)7-14(13)17/h1-7H. The van der Waals surface area contributed by atoms with Crippen molar-refractivity contribution in [1.82, 2.24) is 0 Å². The molecule has 2 aromatic carbocycles. The van der Waals surface area contributed by atoms with Crippen LogP contribution in [0.15, 0.2) is 42.5 Å². The van der Waals surface area contributed by atoms with Crippen molar-refractivity contribution in [2.75, 3.05) is 4.90 Å². The lowest BCUT2D eigenvalue weighted by atomic mass is 10.2. The predicted octanol–water partition coefficient (Wildman–Crippen LogP) is 3.21. The van der Waals surface area contributed by atoms with E-state index in [4.69, 9.17) is 10.5 Å². The van der Waals surface area contributed by atoms with Gasteiger partial charge in [-0.3, -0.25) is 0 Å². The number of nitriles is 2. The van der Waals surface area contributed by atoms with Crippen LogP contribution in [-0.4, -0.2) is 0 Å². The van der Waals surface area contributed by atoms with Crippen LogP contribution < -0.4 is 4.90 Å². The monoisotopic (exact) mass is 217 g/mol. The Morgan fingerprint density at radius 1 is 0.765 bits per heavy atom. The van der Waals surface area contributed by atoms with E-state index in [-0.39, 0.29) is 0 Å². The van der Waals surface area contributed by atoms with Crippen LogP contribution in [0.3, 0.4) is 0 Å². The maximum Gasteiger partial charge on any atom is 0.0992 e. The summed E-state index contributed by atoms with van der Waals surface area (Å²) in [5, 5.41) is 17.5. The van der Waals surface area contributed by atoms with Crippen molar-refractivity contribution < 1.29 is 0 Å². The molecule has 0 fully saturated rings. The largest absolute Gasteiger partial charge is 0.306 e. The second-order valence-corrected chi connectivity index (χ2v) is 3.81. The SMILES string of the molecule is N#Cc1ccc(N2c3ccc(C#N)cc32)cc1. The second kappa shape index (κ2) is 3.37. The molecule has 0 aliphatic carbocycles. The topological polar surface area (TPSA) is 50.6 Å². The van der Waals surface area contributed by atoms with E-state index < -0.39 is 0 Å². The van der Waals surface area contributed by atoms with Crippen LogP contribution in [0.2, 0.25) is 0 Å². The third-order valence-electron chi connectivity index (χ3n) is 2.79. The lowest BCUT2D eigenvalue weighted by molar-refractivity contribution is 1.45. The molecule has 0 unspecified atom stereocenters. The van der Waals surface area contributed by atoms with Crippen molar-refractivity contribution in [3.05, 3.63) is 53.6 Å². The zero-order valence-electron chi connectivity index (χ0n) is 8.88. The fourth-order valence-electron chi connectivity index (χ4n) is 1.89. The third kappa shape index (κ3) is 1.42. The summed E-state index contributed by atoms with van der Waals surface area (Å²) in [6.45, 7) is 0. The Balaban J connectivity index is 1.94. The van der Waals surface area contributed by atoms with Gasteiger partial charge in [-0.25, -0.2) is 0 Å². The van der Waals surface area contributed by atoms with Gasteiger partial charge in [-0.2, -0.15) is 10.5 Å². The molecule has 2 aromatic rings. The minimum absolute atomic E-state index is 0.650. The van der Waals surface area contributed by atoms with Crippen LogP contribution >= 0.6 is 0 Å². The van der Waals surface area contributed by atoms with Crippen LogP contribution in [0.1, 0.15) is 11.1 Å². The maximum absolute atomic E-state index is 8.81. The molecule has 0 atom stereocenters. The molecule has 1 aliphatic rings. The van der Waals surface area contributed by atoms with Gasteiger partial charge in [0.15, 0.2) is 0 Å². The first-order chi connectivity index (χ1) is 8.33. The fraction of sp³-hybridized carbons (Fsp3) is 0. The van der Waals surface area contributed by atoms with Crippen LogP contribution in [0, 0.1) is 22.7 Å². The number of fused-ring (bicyclic) bond motifs is 1. The molecule has 17 heavy (non-hydrogen) atoms. The summed E-state index contributed by atoms with van der Waals surface area (Å²) in [5.41, 5.74) is 4.52. The molecule has 78 valence electrons. The molecular weight excluding hydrogens is 210 g/mol. The van der Waals surface area contributed by atoms with E-state index in [9.17, 15) is 0 Å². The number of anilines is 3. The van der Waals surface area contributed by atoms with Gasteiger partial charge in [-0.15, -0.1) is 0 Å². The minimum Gasteiger partial charge on any atom is -0.306 e. The molecule has 1 aliphatic heterocycles. The molecule has 0 aromatic heterocycles. The van der Waals surface area contributed by atoms with Crippen molar-refractivity contribution >= 4 is 17.1 Å². The molecule has 0 saturated carbocycles. The fourth-order valence-corrected chi connectivity index (χ4v) is 1.89. The summed E-state index contributed by atoms with van der Waals surface area (Å²) < 4.78 is 0. The number of rotatable bonds is 1. The van der Waals surface area contributed by atoms with Gasteiger partial charge in [-0.05, 0) is 42.5 Å². The Kier molecular flexibility index (Phi) is 1.87. The second-order valence-electron chi connectivity index (χ2n) is 3.81. The number of nitrogens with zero attached hydrogens (tertiary/aromatic N) is 3. The highest BCUT2D eigenvalue weighted by atomic mass is 15.3. The summed E-state index contributed by atoms with van der Waals surface area (Å²) in [6, 6.07) is 17.2. The van der Waals surface area contributed by atoms with E-state index in [1.54, 1.807) is 12.1 Å². The van der Waals surface area contributed by atoms with Crippen LogP contribution in [-0.2, 0) is 0 Å². The first kappa shape index (κ1) is 9.45. The van der Waals surface area contributed by atoms with Gasteiger partial charge in [0.1, 0.15) is 0 Å². The molecule has 0 amide bonds. The van der Waals surface area contributed by atoms with Gasteiger partial charge in [0, 0.05) is 5.69 Å². The molecule has 0 bridgehead atoms. The molecule has 1 heterocycles.